The van der Waals surface area contributed by atoms with Crippen LogP contribution in [0.2, 0.25) is 0 Å². The van der Waals surface area contributed by atoms with Crippen LogP contribution in [0.4, 0.5) is 0 Å². The predicted octanol–water partition coefficient (Wildman–Crippen LogP) is 18.1. The molecule has 2 aliphatic heterocycles. The fourth-order valence-corrected chi connectivity index (χ4v) is 12.7. The summed E-state index contributed by atoms with van der Waals surface area (Å²) in [5.41, 5.74) is 0. The van der Waals surface area contributed by atoms with E-state index >= 15 is 0 Å². The largest absolute Gasteiger partial charge is 0.394 e. The van der Waals surface area contributed by atoms with Crippen molar-refractivity contribution in [2.75, 3.05) is 19.8 Å². The molecule has 0 spiro atoms. The third-order valence-electron chi connectivity index (χ3n) is 19.0. The number of nitrogens with one attached hydrogen (secondary N) is 1. The normalized spacial score (nSPS) is 22.7. The van der Waals surface area contributed by atoms with Crippen molar-refractivity contribution in [2.24, 2.45) is 0 Å². The molecule has 1 amide bonds. The van der Waals surface area contributed by atoms with Crippen molar-refractivity contribution in [3.8, 4) is 0 Å². The smallest absolute Gasteiger partial charge is 0.220 e. The van der Waals surface area contributed by atoms with Crippen molar-refractivity contribution in [1.29, 1.82) is 0 Å². The van der Waals surface area contributed by atoms with Gasteiger partial charge in [-0.15, -0.1) is 0 Å². The Morgan fingerprint density at radius 1 is 0.381 bits per heavy atom. The number of aliphatic hydroxyl groups is 8. The Morgan fingerprint density at radius 2 is 0.722 bits per heavy atom. The average molecular weight is 1370 g/mol. The van der Waals surface area contributed by atoms with Crippen molar-refractivity contribution >= 4 is 5.91 Å². The molecule has 12 atom stereocenters. The van der Waals surface area contributed by atoms with Crippen LogP contribution in [-0.4, -0.2) is 140 Å². The van der Waals surface area contributed by atoms with E-state index in [0.29, 0.717) is 12.8 Å². The molecular weight excluding hydrogens is 1220 g/mol. The number of rotatable bonds is 66. The molecule has 12 unspecified atom stereocenters. The third-order valence-corrected chi connectivity index (χ3v) is 19.0. The van der Waals surface area contributed by atoms with Gasteiger partial charge < -0.3 is 65.1 Å². The number of unbranched alkanes of at least 4 members (excludes halogenated alkanes) is 39. The summed E-state index contributed by atoms with van der Waals surface area (Å²) in [6.07, 6.45) is 77.7. The Labute approximate surface area is 592 Å². The van der Waals surface area contributed by atoms with Crippen LogP contribution >= 0.6 is 0 Å². The quantitative estimate of drug-likeness (QED) is 0.0204. The fourth-order valence-electron chi connectivity index (χ4n) is 12.7. The summed E-state index contributed by atoms with van der Waals surface area (Å²) in [6.45, 7) is 2.71. The molecule has 562 valence electrons. The number of aliphatic hydroxyl groups excluding tert-OH is 8. The minimum Gasteiger partial charge on any atom is -0.394 e. The molecule has 2 saturated heterocycles. The third kappa shape index (κ3) is 49.2. The van der Waals surface area contributed by atoms with Gasteiger partial charge in [0.05, 0.1) is 32.0 Å². The van der Waals surface area contributed by atoms with Crippen LogP contribution in [0.1, 0.15) is 328 Å². The van der Waals surface area contributed by atoms with Gasteiger partial charge in [0.25, 0.3) is 0 Å². The molecule has 2 rings (SSSR count). The van der Waals surface area contributed by atoms with Crippen LogP contribution in [-0.2, 0) is 23.7 Å². The van der Waals surface area contributed by atoms with E-state index in [2.05, 4.69) is 104 Å². The average Bonchev–Trinajstić information content (AvgIpc) is 0.794. The highest BCUT2D eigenvalue weighted by atomic mass is 16.7. The van der Waals surface area contributed by atoms with Gasteiger partial charge in [0.2, 0.25) is 5.91 Å². The Morgan fingerprint density at radius 3 is 1.13 bits per heavy atom. The van der Waals surface area contributed by atoms with E-state index in [-0.39, 0.29) is 18.9 Å². The second kappa shape index (κ2) is 66.2. The number of hydrogen-bond donors (Lipinski definition) is 9. The first-order valence-electron chi connectivity index (χ1n) is 40.0. The van der Waals surface area contributed by atoms with E-state index in [0.717, 1.165) is 70.6 Å². The standard InChI is InChI=1S/C83H147NO13/c1-3-5-7-9-11-13-15-17-19-21-23-25-27-29-31-33-35-36-37-39-41-43-45-47-49-51-53-55-57-59-61-63-65-67-75(88)84-71(70-94-82-80(93)78(91)81(74(69-86)96-82)97-83-79(92)77(90)76(89)73(68-85)95-83)72(87)66-64-62-60-58-56-54-52-50-48-46-44-42-40-38-34-32-30-28-26-24-22-20-18-16-14-12-10-8-6-4-2/h5,7,11,13,17,19,23,25,29,31,35-36,56,58,64,66,71-74,76-83,85-87,89-93H,3-4,6,8-10,12,14-16,18,20-22,24,26-28,30,32-34,37-55,57,59-63,65,67-70H2,1-2H3,(H,84,88)/b7-5-,13-11-,19-17-,25-23-,31-29-,36-35-,58-56+,66-64+. The summed E-state index contributed by atoms with van der Waals surface area (Å²) in [6, 6.07) is -0.939. The number of amides is 1. The van der Waals surface area contributed by atoms with Crippen LogP contribution in [0.25, 0.3) is 0 Å². The molecule has 14 nitrogen and oxygen atoms in total. The summed E-state index contributed by atoms with van der Waals surface area (Å²) < 4.78 is 22.9. The molecule has 9 N–H and O–H groups in total. The molecule has 0 aromatic rings. The molecule has 2 heterocycles. The monoisotopic (exact) mass is 1370 g/mol. The SMILES string of the molecule is CC/C=C\C/C=C\C/C=C\C/C=C\C/C=C\C/C=C\CCCCCCCCCCCCCCCCC(=O)NC(COC1OC(CO)C(OC2OC(CO)C(O)C(O)C2O)C(O)C1O)C(O)/C=C/CC/C=C/CCCCCCCCCCCCCCCCCCCCCCCCCC. The molecule has 14 heteroatoms. The molecule has 0 aromatic carbocycles. The maximum Gasteiger partial charge on any atom is 0.220 e. The van der Waals surface area contributed by atoms with E-state index in [1.807, 2.05) is 6.08 Å². The first kappa shape index (κ1) is 90.0. The molecule has 0 aliphatic carbocycles. The van der Waals surface area contributed by atoms with Gasteiger partial charge in [0.15, 0.2) is 12.6 Å². The van der Waals surface area contributed by atoms with E-state index in [4.69, 9.17) is 18.9 Å². The zero-order chi connectivity index (χ0) is 70.1. The Hall–Kier alpha value is -3.09. The lowest BCUT2D eigenvalue weighted by atomic mass is 9.97. The molecule has 0 radical (unpaired) electrons. The van der Waals surface area contributed by atoms with Gasteiger partial charge in [-0.3, -0.25) is 4.79 Å². The maximum absolute atomic E-state index is 13.4. The van der Waals surface area contributed by atoms with E-state index < -0.39 is 86.8 Å². The molecule has 2 fully saturated rings. The first-order chi connectivity index (χ1) is 47.6. The summed E-state index contributed by atoms with van der Waals surface area (Å²) in [5.74, 6) is -0.249. The highest BCUT2D eigenvalue weighted by molar-refractivity contribution is 5.76. The van der Waals surface area contributed by atoms with Crippen LogP contribution in [0.3, 0.4) is 0 Å². The first-order valence-corrected chi connectivity index (χ1v) is 40.0. The van der Waals surface area contributed by atoms with Gasteiger partial charge in [-0.1, -0.05) is 336 Å². The number of carbonyl (C=O) groups excluding carboxylic acids is 1. The molecule has 0 saturated carbocycles. The molecular formula is C83H147NO13. The van der Waals surface area contributed by atoms with Crippen LogP contribution in [0.15, 0.2) is 97.2 Å². The zero-order valence-corrected chi connectivity index (χ0v) is 61.6. The second-order valence-electron chi connectivity index (χ2n) is 27.8. The number of ether oxygens (including phenoxy) is 4. The summed E-state index contributed by atoms with van der Waals surface area (Å²) >= 11 is 0. The Bertz CT molecular complexity index is 2000. The number of allylic oxidation sites excluding steroid dienone is 15. The van der Waals surface area contributed by atoms with Crippen LogP contribution in [0, 0.1) is 0 Å². The minimum atomic E-state index is -1.80. The number of hydrogen-bond acceptors (Lipinski definition) is 13. The van der Waals surface area contributed by atoms with Crippen molar-refractivity contribution in [3.05, 3.63) is 97.2 Å². The lowest BCUT2D eigenvalue weighted by Gasteiger charge is -2.46. The van der Waals surface area contributed by atoms with Gasteiger partial charge in [0, 0.05) is 6.42 Å². The molecule has 0 bridgehead atoms. The summed E-state index contributed by atoms with van der Waals surface area (Å²) in [4.78, 5) is 13.4. The lowest BCUT2D eigenvalue weighted by Crippen LogP contribution is -2.65. The lowest BCUT2D eigenvalue weighted by molar-refractivity contribution is -0.359. The van der Waals surface area contributed by atoms with Crippen molar-refractivity contribution < 1.29 is 64.6 Å². The van der Waals surface area contributed by atoms with Gasteiger partial charge >= 0.3 is 0 Å². The topological polar surface area (TPSA) is 228 Å². The number of carbonyl (C=O) groups is 1. The second-order valence-corrected chi connectivity index (χ2v) is 27.8. The fraction of sp³-hybridized carbons (Fsp3) is 0.795. The molecule has 2 aliphatic rings. The van der Waals surface area contributed by atoms with E-state index in [9.17, 15) is 45.6 Å². The van der Waals surface area contributed by atoms with Gasteiger partial charge in [-0.25, -0.2) is 0 Å². The van der Waals surface area contributed by atoms with E-state index in [1.54, 1.807) is 6.08 Å². The Kier molecular flexibility index (Phi) is 61.4. The van der Waals surface area contributed by atoms with Gasteiger partial charge in [0.1, 0.15) is 48.8 Å². The minimum absolute atomic E-state index is 0.249. The van der Waals surface area contributed by atoms with Crippen molar-refractivity contribution in [2.45, 2.75) is 402 Å². The maximum atomic E-state index is 13.4. The van der Waals surface area contributed by atoms with E-state index in [1.165, 1.54) is 225 Å². The molecule has 97 heavy (non-hydrogen) atoms. The highest BCUT2D eigenvalue weighted by Gasteiger charge is 2.51. The molecule has 0 aromatic heterocycles. The predicted molar refractivity (Wildman–Crippen MR) is 401 cm³/mol. The van der Waals surface area contributed by atoms with Gasteiger partial charge in [-0.05, 0) is 83.5 Å². The van der Waals surface area contributed by atoms with Crippen LogP contribution < -0.4 is 5.32 Å². The zero-order valence-electron chi connectivity index (χ0n) is 61.6. The highest BCUT2D eigenvalue weighted by Crippen LogP contribution is 2.30. The summed E-state index contributed by atoms with van der Waals surface area (Å²) in [5, 5.41) is 87.7. The van der Waals surface area contributed by atoms with Gasteiger partial charge in [-0.2, -0.15) is 0 Å². The van der Waals surface area contributed by atoms with Crippen molar-refractivity contribution in [3.63, 3.8) is 0 Å². The van der Waals surface area contributed by atoms with Crippen LogP contribution in [0.5, 0.6) is 0 Å². The van der Waals surface area contributed by atoms with Crippen molar-refractivity contribution in [1.82, 2.24) is 5.32 Å². The summed E-state index contributed by atoms with van der Waals surface area (Å²) in [7, 11) is 0. The Balaban J connectivity index is 1.64.